The molecule has 6 aromatic carbocycles. The Morgan fingerprint density at radius 3 is 1.14 bits per heavy atom. The fourth-order valence-corrected chi connectivity index (χ4v) is 8.01. The van der Waals surface area contributed by atoms with E-state index in [1.807, 2.05) is 49.4 Å². The third-order valence-electron chi connectivity index (χ3n) is 9.92. The zero-order valence-electron chi connectivity index (χ0n) is 39.8. The summed E-state index contributed by atoms with van der Waals surface area (Å²) >= 11 is 8.87. The second kappa shape index (κ2) is 29.4. The minimum Gasteiger partial charge on any atom is -0.496 e. The third kappa shape index (κ3) is 17.4. The highest BCUT2D eigenvalue weighted by molar-refractivity contribution is 7.86. The highest BCUT2D eigenvalue weighted by atomic mass is 32.2. The zero-order chi connectivity index (χ0) is 51.4. The zero-order valence-corrected chi connectivity index (χ0v) is 43.2. The van der Waals surface area contributed by atoms with Gasteiger partial charge in [-0.2, -0.15) is 16.8 Å². The van der Waals surface area contributed by atoms with Crippen LogP contribution in [0.5, 0.6) is 80.5 Å². The smallest absolute Gasteiger partial charge is 0.298 e. The van der Waals surface area contributed by atoms with Gasteiger partial charge < -0.3 is 52.1 Å². The van der Waals surface area contributed by atoms with Crippen LogP contribution in [-0.4, -0.2) is 82.8 Å². The molecule has 2 N–H and O–H groups in total. The molecule has 0 atom stereocenters. The average molecular weight is 1100 g/mol. The van der Waals surface area contributed by atoms with Gasteiger partial charge in [0.05, 0.1) is 61.8 Å². The van der Waals surface area contributed by atoms with Crippen LogP contribution in [-0.2, 0) is 20.2 Å². The first-order chi connectivity index (χ1) is 32.5. The molecular formula is C52H70O17S4. The number of rotatable bonds is 16. The maximum Gasteiger partial charge on any atom is 0.298 e. The van der Waals surface area contributed by atoms with Crippen LogP contribution in [0, 0.1) is 27.7 Å². The Bertz CT molecular complexity index is 3000. The molecule has 0 aliphatic rings. The minimum atomic E-state index is -4.79. The van der Waals surface area contributed by atoms with Gasteiger partial charge in [0.25, 0.3) is 20.2 Å². The number of hydrogen-bond donors (Lipinski definition) is 4. The Balaban J connectivity index is 0.00000106. The van der Waals surface area contributed by atoms with Crippen molar-refractivity contribution in [2.45, 2.75) is 77.0 Å². The number of thiol groups is 2. The van der Waals surface area contributed by atoms with Gasteiger partial charge in [-0.1, -0.05) is 35.8 Å². The van der Waals surface area contributed by atoms with E-state index in [1.165, 1.54) is 39.4 Å². The average Bonchev–Trinajstić information content (AvgIpc) is 3.31. The maximum absolute atomic E-state index is 11.8. The number of methoxy groups -OCH3 is 8. The van der Waals surface area contributed by atoms with Gasteiger partial charge in [0.1, 0.15) is 44.3 Å². The van der Waals surface area contributed by atoms with Gasteiger partial charge in [-0.05, 0) is 86.3 Å². The maximum atomic E-state index is 11.8. The second-order valence-corrected chi connectivity index (χ2v) is 18.1. The lowest BCUT2D eigenvalue weighted by molar-refractivity contribution is 0.348. The summed E-state index contributed by atoms with van der Waals surface area (Å²) in [4.78, 5) is 0.0126. The van der Waals surface area contributed by atoms with E-state index in [0.717, 1.165) is 47.1 Å². The quantitative estimate of drug-likeness (QED) is 0.0524. The van der Waals surface area contributed by atoms with Crippen LogP contribution in [0.25, 0.3) is 0 Å². The summed E-state index contributed by atoms with van der Waals surface area (Å²) in [6, 6.07) is 22.9. The van der Waals surface area contributed by atoms with E-state index in [4.69, 9.17) is 52.1 Å². The molecule has 21 heteroatoms. The van der Waals surface area contributed by atoms with Gasteiger partial charge in [-0.15, -0.1) is 25.3 Å². The number of benzene rings is 6. The van der Waals surface area contributed by atoms with Gasteiger partial charge >= 0.3 is 0 Å². The second-order valence-electron chi connectivity index (χ2n) is 14.4. The van der Waals surface area contributed by atoms with Gasteiger partial charge in [0, 0.05) is 47.4 Å². The molecule has 404 valence electrons. The summed E-state index contributed by atoms with van der Waals surface area (Å²) in [6.07, 6.45) is 0. The Morgan fingerprint density at radius 1 is 0.329 bits per heavy atom. The van der Waals surface area contributed by atoms with Gasteiger partial charge in [0.15, 0.2) is 46.0 Å². The van der Waals surface area contributed by atoms with E-state index in [1.54, 1.807) is 53.7 Å². The molecule has 0 unspecified atom stereocenters. The van der Waals surface area contributed by atoms with Crippen LogP contribution < -0.4 is 52.1 Å². The fourth-order valence-electron chi connectivity index (χ4n) is 6.18. The molecule has 17 nitrogen and oxygen atoms in total. The van der Waals surface area contributed by atoms with E-state index in [0.29, 0.717) is 49.9 Å². The molecule has 0 heterocycles. The molecule has 0 spiro atoms. The van der Waals surface area contributed by atoms with E-state index >= 15 is 0 Å². The van der Waals surface area contributed by atoms with Crippen molar-refractivity contribution < 1.29 is 78.0 Å². The first-order valence-electron chi connectivity index (χ1n) is 20.1. The van der Waals surface area contributed by atoms with Crippen LogP contribution in [0.3, 0.4) is 0 Å². The first-order valence-corrected chi connectivity index (χ1v) is 23.9. The Morgan fingerprint density at radius 2 is 0.671 bits per heavy atom. The van der Waals surface area contributed by atoms with Gasteiger partial charge in [-0.25, -0.2) is 0 Å². The first kappa shape index (κ1) is 66.6. The molecule has 0 aromatic heterocycles. The van der Waals surface area contributed by atoms with Crippen molar-refractivity contribution in [3.8, 4) is 80.5 Å². The molecule has 0 aliphatic carbocycles. The lowest BCUT2D eigenvalue weighted by atomic mass is 10.1. The summed E-state index contributed by atoms with van der Waals surface area (Å²) in [5, 5.41) is 0. The minimum absolute atomic E-state index is 0. The largest absolute Gasteiger partial charge is 0.496 e. The summed E-state index contributed by atoms with van der Waals surface area (Å²) < 4.78 is 125. The molecule has 6 aromatic rings. The van der Waals surface area contributed by atoms with E-state index in [9.17, 15) is 25.9 Å². The predicted molar refractivity (Wildman–Crippen MR) is 291 cm³/mol. The molecule has 0 saturated carbocycles. The van der Waals surface area contributed by atoms with Crippen LogP contribution in [0.2, 0.25) is 0 Å². The van der Waals surface area contributed by atoms with Crippen molar-refractivity contribution in [1.82, 2.24) is 0 Å². The SMILES string of the molecule is C.C.C.C.COc1cc(Oc2cc(OC)c(OC)cc2S(=O)(=O)O)c(S(=O)(=O)O)cc1C.COc1cc(Oc2cc(OC)c(OC)cc2S)c(S)cc1C.COc1ccc(Oc2ccc(C)c(C)c2)cc1OC. The van der Waals surface area contributed by atoms with Crippen LogP contribution in [0.15, 0.2) is 105 Å². The van der Waals surface area contributed by atoms with Crippen molar-refractivity contribution in [1.29, 1.82) is 0 Å². The Hall–Kier alpha value is -6.36. The summed E-state index contributed by atoms with van der Waals surface area (Å²) in [7, 11) is 2.34. The lowest BCUT2D eigenvalue weighted by Gasteiger charge is -2.16. The van der Waals surface area contributed by atoms with E-state index in [-0.39, 0.29) is 47.0 Å². The highest BCUT2D eigenvalue weighted by Gasteiger charge is 2.26. The molecule has 73 heavy (non-hydrogen) atoms. The monoisotopic (exact) mass is 1090 g/mol. The molecule has 0 saturated heterocycles. The molecule has 0 radical (unpaired) electrons. The van der Waals surface area contributed by atoms with Crippen LogP contribution in [0.1, 0.15) is 52.0 Å². The molecule has 0 aliphatic heterocycles. The van der Waals surface area contributed by atoms with Crippen molar-refractivity contribution in [3.63, 3.8) is 0 Å². The van der Waals surface area contributed by atoms with Gasteiger partial charge in [0.2, 0.25) is 0 Å². The van der Waals surface area contributed by atoms with E-state index in [2.05, 4.69) is 39.1 Å². The van der Waals surface area contributed by atoms with Gasteiger partial charge in [-0.3, -0.25) is 9.11 Å². The van der Waals surface area contributed by atoms with Crippen LogP contribution in [0.4, 0.5) is 0 Å². The highest BCUT2D eigenvalue weighted by Crippen LogP contribution is 2.43. The number of ether oxygens (including phenoxy) is 11. The third-order valence-corrected chi connectivity index (χ3v) is 12.4. The topological polar surface area (TPSA) is 210 Å². The normalized spacial score (nSPS) is 10.2. The number of hydrogen-bond acceptors (Lipinski definition) is 17. The van der Waals surface area contributed by atoms with Crippen molar-refractivity contribution in [2.75, 3.05) is 56.9 Å². The Kier molecular flexibility index (Phi) is 26.8. The molecule has 6 rings (SSSR count). The molecule has 0 amide bonds. The molecule has 0 fully saturated rings. The summed E-state index contributed by atoms with van der Waals surface area (Å²) in [6.45, 7) is 7.63. The molecule has 0 bridgehead atoms. The predicted octanol–water partition coefficient (Wildman–Crippen LogP) is 13.4. The number of aryl methyl sites for hydroxylation is 4. The van der Waals surface area contributed by atoms with Crippen LogP contribution >= 0.6 is 25.3 Å². The molecular weight excluding hydrogens is 1020 g/mol. The lowest BCUT2D eigenvalue weighted by Crippen LogP contribution is -2.06. The Labute approximate surface area is 442 Å². The van der Waals surface area contributed by atoms with Crippen molar-refractivity contribution >= 4 is 45.5 Å². The summed E-state index contributed by atoms with van der Waals surface area (Å²) in [5.74, 6) is 5.26. The summed E-state index contributed by atoms with van der Waals surface area (Å²) in [5.41, 5.74) is 3.82. The van der Waals surface area contributed by atoms with Crippen molar-refractivity contribution in [2.24, 2.45) is 0 Å². The van der Waals surface area contributed by atoms with E-state index < -0.39 is 41.5 Å². The standard InChI is InChI=1S/C16H18O10S2.C16H18O4S2.C16H18O3.4CH4/c1-9-5-15(27(17,18)19)13(6-10(9)23-2)26-14-7-11(24-3)12(25-4)8-16(14)28(20,21)22;1-9-5-15(21)13(6-10(9)17-2)20-14-7-11(18-3)12(19-4)8-16(14)22;1-11-5-6-13(9-12(11)2)19-14-7-8-15(17-3)16(10-14)18-4;;;;/h5-8H,1-4H3,(H,17,18,19)(H,20,21,22);5-8,21-22H,1-4H3;5-10H,1-4H3;4*1H4. The fraction of sp³-hybridized carbons (Fsp3) is 0.308. The van der Waals surface area contributed by atoms with Crippen molar-refractivity contribution in [3.05, 3.63) is 107 Å².